The molecule has 7 rings (SSSR count). The molecule has 0 saturated carbocycles. The van der Waals surface area contributed by atoms with Crippen LogP contribution in [0.4, 0.5) is 5.69 Å². The van der Waals surface area contributed by atoms with Crippen LogP contribution in [0.3, 0.4) is 0 Å². The molecule has 3 heterocycles. The molecule has 0 aromatic heterocycles. The number of carbonyl (C=O) groups is 4. The van der Waals surface area contributed by atoms with E-state index in [-0.39, 0.29) is 23.5 Å². The van der Waals surface area contributed by atoms with Gasteiger partial charge in [0.2, 0.25) is 11.8 Å². The van der Waals surface area contributed by atoms with Gasteiger partial charge in [0, 0.05) is 17.2 Å². The first-order valence-electron chi connectivity index (χ1n) is 11.4. The number of carbonyl (C=O) groups excluding carboxylic acids is 4. The second-order valence-corrected chi connectivity index (χ2v) is 9.42. The number of Topliss-reactive ketones (excluding diaryl/α,β-unsaturated/α-hetero) is 2. The van der Waals surface area contributed by atoms with Crippen molar-refractivity contribution in [1.29, 1.82) is 0 Å². The first kappa shape index (κ1) is 18.9. The highest BCUT2D eigenvalue weighted by Crippen LogP contribution is 2.57. The number of hydrogen-bond donors (Lipinski definition) is 0. The Morgan fingerprint density at radius 1 is 0.758 bits per heavy atom. The maximum Gasteiger partial charge on any atom is 0.240 e. The highest BCUT2D eigenvalue weighted by atomic mass is 16.2. The van der Waals surface area contributed by atoms with Gasteiger partial charge < -0.3 is 0 Å². The van der Waals surface area contributed by atoms with Gasteiger partial charge in [-0.3, -0.25) is 24.1 Å². The van der Waals surface area contributed by atoms with Gasteiger partial charge in [0.05, 0.1) is 17.5 Å². The van der Waals surface area contributed by atoms with Crippen molar-refractivity contribution >= 4 is 39.8 Å². The Labute approximate surface area is 189 Å². The van der Waals surface area contributed by atoms with Crippen LogP contribution in [0.1, 0.15) is 33.6 Å². The van der Waals surface area contributed by atoms with Crippen molar-refractivity contribution in [3.63, 3.8) is 0 Å². The summed E-state index contributed by atoms with van der Waals surface area (Å²) in [6.07, 6.45) is 1.49. The van der Waals surface area contributed by atoms with Crippen molar-refractivity contribution in [3.8, 4) is 0 Å². The molecule has 33 heavy (non-hydrogen) atoms. The molecule has 3 fully saturated rings. The number of fused-ring (bicyclic) bond motifs is 7. The van der Waals surface area contributed by atoms with Gasteiger partial charge in [-0.25, -0.2) is 4.90 Å². The zero-order valence-electron chi connectivity index (χ0n) is 17.7. The Kier molecular flexibility index (Phi) is 3.57. The quantitative estimate of drug-likeness (QED) is 0.433. The summed E-state index contributed by atoms with van der Waals surface area (Å²) in [5.74, 6) is -3.08. The average Bonchev–Trinajstić information content (AvgIpc) is 3.53. The van der Waals surface area contributed by atoms with E-state index in [2.05, 4.69) is 0 Å². The van der Waals surface area contributed by atoms with Gasteiger partial charge in [-0.2, -0.15) is 0 Å². The summed E-state index contributed by atoms with van der Waals surface area (Å²) in [7, 11) is 0. The Morgan fingerprint density at radius 2 is 1.42 bits per heavy atom. The molecule has 1 aliphatic carbocycles. The van der Waals surface area contributed by atoms with Crippen molar-refractivity contribution in [2.75, 3.05) is 11.4 Å². The third-order valence-electron chi connectivity index (χ3n) is 8.07. The molecule has 3 aliphatic heterocycles. The van der Waals surface area contributed by atoms with Gasteiger partial charge in [0.25, 0.3) is 0 Å². The number of rotatable bonds is 1. The molecule has 3 saturated heterocycles. The van der Waals surface area contributed by atoms with E-state index >= 15 is 0 Å². The minimum absolute atomic E-state index is 0.279. The normalized spacial score (nSPS) is 27.6. The molecule has 2 amide bonds. The topological polar surface area (TPSA) is 74.8 Å². The van der Waals surface area contributed by atoms with E-state index in [4.69, 9.17) is 0 Å². The molecular formula is C27H20N2O4. The Balaban J connectivity index is 1.41. The lowest BCUT2D eigenvalue weighted by atomic mass is 9.76. The van der Waals surface area contributed by atoms with Gasteiger partial charge in [0.1, 0.15) is 0 Å². The van der Waals surface area contributed by atoms with Gasteiger partial charge in [-0.05, 0) is 42.3 Å². The van der Waals surface area contributed by atoms with Crippen molar-refractivity contribution in [2.24, 2.45) is 11.8 Å². The lowest BCUT2D eigenvalue weighted by molar-refractivity contribution is -0.124. The third kappa shape index (κ3) is 2.08. The van der Waals surface area contributed by atoms with Crippen LogP contribution in [0.5, 0.6) is 0 Å². The number of ketones is 2. The average molecular weight is 436 g/mol. The lowest BCUT2D eigenvalue weighted by Crippen LogP contribution is -2.59. The first-order chi connectivity index (χ1) is 16.0. The van der Waals surface area contributed by atoms with Gasteiger partial charge in [0.15, 0.2) is 17.1 Å². The molecule has 0 unspecified atom stereocenters. The summed E-state index contributed by atoms with van der Waals surface area (Å²) in [5.41, 5.74) is -0.391. The van der Waals surface area contributed by atoms with E-state index in [0.29, 0.717) is 29.8 Å². The maximum atomic E-state index is 13.9. The fraction of sp³-hybridized carbons (Fsp3) is 0.259. The Bertz CT molecular complexity index is 1390. The van der Waals surface area contributed by atoms with Crippen LogP contribution >= 0.6 is 0 Å². The number of amides is 2. The number of nitrogens with zero attached hydrogens (tertiary/aromatic N) is 2. The smallest absolute Gasteiger partial charge is 0.240 e. The number of anilines is 1. The summed E-state index contributed by atoms with van der Waals surface area (Å²) in [4.78, 5) is 58.5. The number of benzene rings is 3. The van der Waals surface area contributed by atoms with E-state index < -0.39 is 23.3 Å². The predicted molar refractivity (Wildman–Crippen MR) is 121 cm³/mol. The molecule has 4 aliphatic rings. The Morgan fingerprint density at radius 3 is 2.15 bits per heavy atom. The zero-order chi connectivity index (χ0) is 22.5. The molecule has 0 bridgehead atoms. The fourth-order valence-corrected chi connectivity index (χ4v) is 6.81. The van der Waals surface area contributed by atoms with Crippen LogP contribution in [0.2, 0.25) is 0 Å². The zero-order valence-corrected chi connectivity index (χ0v) is 17.7. The van der Waals surface area contributed by atoms with Gasteiger partial charge in [-0.15, -0.1) is 0 Å². The largest absolute Gasteiger partial charge is 0.291 e. The van der Waals surface area contributed by atoms with Gasteiger partial charge in [-0.1, -0.05) is 54.6 Å². The number of hydrogen-bond acceptors (Lipinski definition) is 5. The third-order valence-corrected chi connectivity index (χ3v) is 8.07. The van der Waals surface area contributed by atoms with E-state index in [1.165, 1.54) is 4.90 Å². The molecule has 3 aromatic rings. The van der Waals surface area contributed by atoms with E-state index in [1.54, 1.807) is 30.3 Å². The van der Waals surface area contributed by atoms with Gasteiger partial charge >= 0.3 is 0 Å². The summed E-state index contributed by atoms with van der Waals surface area (Å²) < 4.78 is 0. The SMILES string of the molecule is O=C1[C@@H]2[C@@H]3CCCN3C3(C(=O)c4ccccc4C3=O)[C@H]2C(=O)N1c1ccc2ccccc2c1. The summed E-state index contributed by atoms with van der Waals surface area (Å²) in [5, 5.41) is 1.93. The highest BCUT2D eigenvalue weighted by molar-refractivity contribution is 6.37. The molecule has 0 N–H and O–H groups in total. The predicted octanol–water partition coefficient (Wildman–Crippen LogP) is 3.24. The van der Waals surface area contributed by atoms with Crippen LogP contribution in [0.15, 0.2) is 66.7 Å². The Hall–Kier alpha value is -3.64. The van der Waals surface area contributed by atoms with Crippen molar-refractivity contribution < 1.29 is 19.2 Å². The second-order valence-electron chi connectivity index (χ2n) is 9.42. The van der Waals surface area contributed by atoms with Crippen LogP contribution in [0, 0.1) is 11.8 Å². The molecule has 6 nitrogen and oxygen atoms in total. The van der Waals surface area contributed by atoms with Crippen molar-refractivity contribution in [3.05, 3.63) is 77.9 Å². The lowest BCUT2D eigenvalue weighted by Gasteiger charge is -2.35. The minimum Gasteiger partial charge on any atom is -0.291 e. The summed E-state index contributed by atoms with van der Waals surface area (Å²) in [6.45, 7) is 0.541. The van der Waals surface area contributed by atoms with Crippen LogP contribution in [-0.4, -0.2) is 46.4 Å². The maximum absolute atomic E-state index is 13.9. The van der Waals surface area contributed by atoms with Crippen LogP contribution in [0.25, 0.3) is 10.8 Å². The minimum atomic E-state index is -1.60. The van der Waals surface area contributed by atoms with E-state index in [0.717, 1.165) is 17.2 Å². The number of imide groups is 1. The fourth-order valence-electron chi connectivity index (χ4n) is 6.81. The molecule has 162 valence electrons. The van der Waals surface area contributed by atoms with E-state index in [9.17, 15) is 19.2 Å². The molecule has 6 heteroatoms. The summed E-state index contributed by atoms with van der Waals surface area (Å²) >= 11 is 0. The van der Waals surface area contributed by atoms with Crippen molar-refractivity contribution in [1.82, 2.24) is 4.90 Å². The molecule has 0 radical (unpaired) electrons. The second kappa shape index (κ2) is 6.23. The molecule has 3 atom stereocenters. The molecule has 3 aromatic carbocycles. The molecule has 1 spiro atoms. The van der Waals surface area contributed by atoms with Crippen LogP contribution in [-0.2, 0) is 9.59 Å². The van der Waals surface area contributed by atoms with Crippen molar-refractivity contribution in [2.45, 2.75) is 24.4 Å². The highest BCUT2D eigenvalue weighted by Gasteiger charge is 2.76. The van der Waals surface area contributed by atoms with E-state index in [1.807, 2.05) is 41.3 Å². The first-order valence-corrected chi connectivity index (χ1v) is 11.4. The monoisotopic (exact) mass is 436 g/mol. The summed E-state index contributed by atoms with van der Waals surface area (Å²) in [6, 6.07) is 19.8. The molecular weight excluding hydrogens is 416 g/mol. The van der Waals surface area contributed by atoms with Crippen LogP contribution < -0.4 is 4.90 Å². The standard InChI is InChI=1S/C27H20N2O4/c30-23-18-8-3-4-9-19(18)24(31)27(23)22-21(20-10-5-13-28(20)27)25(32)29(26(22)33)17-12-11-15-6-1-2-7-16(15)14-17/h1-4,6-9,11-12,14,20-22H,5,10,13H2/t20-,21+,22+/m0/s1.